The molecule has 0 radical (unpaired) electrons. The third-order valence-electron chi connectivity index (χ3n) is 9.58. The minimum absolute atomic E-state index is 0.193. The number of quaternary nitrogens is 1. The second kappa shape index (κ2) is 34.1. The monoisotopic (exact) mass is 757 g/mol. The van der Waals surface area contributed by atoms with Gasteiger partial charge in [-0.2, -0.15) is 0 Å². The molecular formula is C43H83NO7P+. The van der Waals surface area contributed by atoms with Gasteiger partial charge in [0, 0.05) is 19.3 Å². The van der Waals surface area contributed by atoms with E-state index < -0.39 is 25.5 Å². The minimum Gasteiger partial charge on any atom is -0.462 e. The van der Waals surface area contributed by atoms with Gasteiger partial charge < -0.3 is 23.4 Å². The molecule has 3 atom stereocenters. The van der Waals surface area contributed by atoms with Gasteiger partial charge in [-0.1, -0.05) is 141 Å². The van der Waals surface area contributed by atoms with Crippen LogP contribution in [0.25, 0.3) is 0 Å². The van der Waals surface area contributed by atoms with Gasteiger partial charge in [0.25, 0.3) is 0 Å². The van der Waals surface area contributed by atoms with Crippen LogP contribution in [0.5, 0.6) is 0 Å². The molecule has 0 aliphatic heterocycles. The molecule has 9 heteroatoms. The molecule has 306 valence electrons. The molecule has 1 N–H and O–H groups in total. The van der Waals surface area contributed by atoms with Gasteiger partial charge in [0.2, 0.25) is 0 Å². The van der Waals surface area contributed by atoms with E-state index in [0.717, 1.165) is 51.4 Å². The lowest BCUT2D eigenvalue weighted by Gasteiger charge is -2.35. The quantitative estimate of drug-likeness (QED) is 0.0221. The molecule has 8 nitrogen and oxygen atoms in total. The number of hydrogen-bond donors (Lipinski definition) is 1. The summed E-state index contributed by atoms with van der Waals surface area (Å²) >= 11 is 0. The smallest absolute Gasteiger partial charge is 0.385 e. The van der Waals surface area contributed by atoms with Gasteiger partial charge in [0.05, 0.1) is 27.7 Å². The second-order valence-electron chi connectivity index (χ2n) is 15.6. The first-order valence-corrected chi connectivity index (χ1v) is 23.1. The molecule has 0 amide bonds. The van der Waals surface area contributed by atoms with Crippen LogP contribution in [0.15, 0.2) is 24.3 Å². The number of unbranched alkanes of at least 4 members (excludes halogenated alkanes) is 20. The van der Waals surface area contributed by atoms with Gasteiger partial charge in [0.1, 0.15) is 6.61 Å². The van der Waals surface area contributed by atoms with Crippen molar-refractivity contribution in [2.24, 2.45) is 0 Å². The second-order valence-corrected chi connectivity index (χ2v) is 17.6. The Morgan fingerprint density at radius 2 is 1.00 bits per heavy atom. The highest BCUT2D eigenvalue weighted by Gasteiger charge is 2.42. The van der Waals surface area contributed by atoms with Crippen molar-refractivity contribution < 1.29 is 37.5 Å². The highest BCUT2D eigenvalue weighted by molar-refractivity contribution is 7.53. The van der Waals surface area contributed by atoms with E-state index in [-0.39, 0.29) is 30.1 Å². The van der Waals surface area contributed by atoms with Gasteiger partial charge in [-0.05, 0) is 57.8 Å². The molecular weight excluding hydrogens is 673 g/mol. The Labute approximate surface area is 321 Å². The van der Waals surface area contributed by atoms with Crippen molar-refractivity contribution in [2.75, 3.05) is 34.4 Å². The van der Waals surface area contributed by atoms with E-state index in [9.17, 15) is 19.0 Å². The van der Waals surface area contributed by atoms with E-state index in [0.29, 0.717) is 19.3 Å². The normalized spacial score (nSPS) is 14.5. The SMILES string of the molecule is CCC/C=C\CCCC/C=C\CCCCC(=O)O[C@H](COC(=O)CCCCCCCCCCCCCCCCC)COP(=O)(O)C(CC)[N+](C)(C)C. The Morgan fingerprint density at radius 1 is 0.577 bits per heavy atom. The Balaban J connectivity index is 4.50. The van der Waals surface area contributed by atoms with Gasteiger partial charge in [-0.3, -0.25) is 14.2 Å². The van der Waals surface area contributed by atoms with Gasteiger partial charge in [-0.15, -0.1) is 0 Å². The Hall–Kier alpha value is -1.47. The van der Waals surface area contributed by atoms with Crippen molar-refractivity contribution in [2.45, 2.75) is 206 Å². The zero-order chi connectivity index (χ0) is 38.8. The van der Waals surface area contributed by atoms with E-state index in [4.69, 9.17) is 14.0 Å². The van der Waals surface area contributed by atoms with Crippen molar-refractivity contribution in [1.29, 1.82) is 0 Å². The number of rotatable bonds is 37. The fourth-order valence-electron chi connectivity index (χ4n) is 6.45. The maximum Gasteiger partial charge on any atom is 0.385 e. The fourth-order valence-corrected chi connectivity index (χ4v) is 8.33. The zero-order valence-corrected chi connectivity index (χ0v) is 35.7. The molecule has 0 aliphatic rings. The largest absolute Gasteiger partial charge is 0.462 e. The molecule has 0 saturated heterocycles. The van der Waals surface area contributed by atoms with Crippen LogP contribution >= 0.6 is 7.60 Å². The van der Waals surface area contributed by atoms with E-state index >= 15 is 0 Å². The zero-order valence-electron chi connectivity index (χ0n) is 34.8. The van der Waals surface area contributed by atoms with Crippen LogP contribution in [0.3, 0.4) is 0 Å². The molecule has 0 aliphatic carbocycles. The first-order valence-electron chi connectivity index (χ1n) is 21.4. The highest BCUT2D eigenvalue weighted by Crippen LogP contribution is 2.51. The van der Waals surface area contributed by atoms with Crippen LogP contribution in [-0.4, -0.2) is 67.6 Å². The molecule has 0 aromatic rings. The molecule has 0 aromatic carbocycles. The summed E-state index contributed by atoms with van der Waals surface area (Å²) in [5.41, 5.74) is 0. The molecule has 52 heavy (non-hydrogen) atoms. The van der Waals surface area contributed by atoms with E-state index in [1.807, 2.05) is 28.1 Å². The first kappa shape index (κ1) is 50.5. The van der Waals surface area contributed by atoms with Crippen LogP contribution in [-0.2, 0) is 28.2 Å². The topological polar surface area (TPSA) is 99.1 Å². The summed E-state index contributed by atoms with van der Waals surface area (Å²) in [4.78, 5) is 36.0. The summed E-state index contributed by atoms with van der Waals surface area (Å²) < 4.78 is 30.1. The summed E-state index contributed by atoms with van der Waals surface area (Å²) in [6, 6.07) is 0. The van der Waals surface area contributed by atoms with Crippen LogP contribution in [0.4, 0.5) is 0 Å². The number of carbonyl (C=O) groups excluding carboxylic acids is 2. The summed E-state index contributed by atoms with van der Waals surface area (Å²) in [5, 5.41) is 0. The molecule has 0 rings (SSSR count). The Bertz CT molecular complexity index is 962. The summed E-state index contributed by atoms with van der Waals surface area (Å²) in [6.45, 7) is 5.80. The lowest BCUT2D eigenvalue weighted by Crippen LogP contribution is -2.45. The predicted octanol–water partition coefficient (Wildman–Crippen LogP) is 12.4. The summed E-state index contributed by atoms with van der Waals surface area (Å²) in [6.07, 6.45) is 37.3. The average Bonchev–Trinajstić information content (AvgIpc) is 3.09. The van der Waals surface area contributed by atoms with Crippen molar-refractivity contribution in [1.82, 2.24) is 0 Å². The summed E-state index contributed by atoms with van der Waals surface area (Å²) in [5.74, 6) is -1.40. The molecule has 0 aromatic heterocycles. The molecule has 0 heterocycles. The standard InChI is InChI=1S/C43H82NO7P/c1-7-10-12-14-16-18-20-22-23-25-26-28-30-32-34-36-42(45)49-38-40(39-50-52(47,48)41(9-3)44(4,5)6)51-43(46)37-35-33-31-29-27-24-21-19-17-15-13-11-8-2/h13,15,27,29,40-41H,7-12,14,16-26,28,30-39H2,1-6H3/p+1/b15-13-,29-27-/t40-,41?/m1/s1. The van der Waals surface area contributed by atoms with Crippen LogP contribution in [0.2, 0.25) is 0 Å². The lowest BCUT2D eigenvalue weighted by molar-refractivity contribution is -0.883. The first-order chi connectivity index (χ1) is 25.0. The number of esters is 2. The van der Waals surface area contributed by atoms with Crippen molar-refractivity contribution in [3.8, 4) is 0 Å². The number of ether oxygens (including phenoxy) is 2. The Morgan fingerprint density at radius 3 is 1.46 bits per heavy atom. The van der Waals surface area contributed by atoms with E-state index in [1.165, 1.54) is 96.3 Å². The van der Waals surface area contributed by atoms with Gasteiger partial charge in [-0.25, -0.2) is 0 Å². The number of carbonyl (C=O) groups is 2. The fraction of sp³-hybridized carbons (Fsp3) is 0.860. The lowest BCUT2D eigenvalue weighted by atomic mass is 10.0. The third kappa shape index (κ3) is 30.9. The minimum atomic E-state index is -4.04. The van der Waals surface area contributed by atoms with Crippen LogP contribution in [0, 0.1) is 0 Å². The average molecular weight is 757 g/mol. The van der Waals surface area contributed by atoms with Crippen LogP contribution in [0.1, 0.15) is 194 Å². The summed E-state index contributed by atoms with van der Waals surface area (Å²) in [7, 11) is 1.51. The maximum absolute atomic E-state index is 13.2. The molecule has 0 fully saturated rings. The van der Waals surface area contributed by atoms with Crippen molar-refractivity contribution >= 4 is 19.5 Å². The predicted molar refractivity (Wildman–Crippen MR) is 218 cm³/mol. The third-order valence-corrected chi connectivity index (χ3v) is 11.9. The molecule has 0 bridgehead atoms. The number of allylic oxidation sites excluding steroid dienone is 4. The number of nitrogens with zero attached hydrogens (tertiary/aromatic N) is 1. The van der Waals surface area contributed by atoms with Gasteiger partial charge >= 0.3 is 19.5 Å². The van der Waals surface area contributed by atoms with Crippen molar-refractivity contribution in [3.05, 3.63) is 24.3 Å². The number of hydrogen-bond acceptors (Lipinski definition) is 6. The Kier molecular flexibility index (Phi) is 33.1. The van der Waals surface area contributed by atoms with E-state index in [2.05, 4.69) is 38.2 Å². The highest BCUT2D eigenvalue weighted by atomic mass is 31.2. The van der Waals surface area contributed by atoms with Gasteiger partial charge in [0.15, 0.2) is 11.9 Å². The van der Waals surface area contributed by atoms with E-state index in [1.54, 1.807) is 0 Å². The van der Waals surface area contributed by atoms with Crippen molar-refractivity contribution in [3.63, 3.8) is 0 Å². The van der Waals surface area contributed by atoms with Crippen LogP contribution < -0.4 is 0 Å². The molecule has 2 unspecified atom stereocenters. The maximum atomic E-state index is 13.2. The molecule has 0 spiro atoms. The molecule has 0 saturated carbocycles.